The highest BCUT2D eigenvalue weighted by atomic mass is 16.5. The van der Waals surface area contributed by atoms with E-state index in [4.69, 9.17) is 4.74 Å². The second-order valence-corrected chi connectivity index (χ2v) is 8.19. The van der Waals surface area contributed by atoms with Crippen LogP contribution < -0.4 is 10.9 Å². The van der Waals surface area contributed by atoms with Gasteiger partial charge >= 0.3 is 5.97 Å². The second kappa shape index (κ2) is 9.20. The molecule has 2 heterocycles. The van der Waals surface area contributed by atoms with E-state index < -0.39 is 5.97 Å². The molecular formula is C22H29N3O4. The number of carbonyl (C=O) groups is 2. The van der Waals surface area contributed by atoms with Crippen molar-refractivity contribution in [3.05, 3.63) is 39.9 Å². The molecular weight excluding hydrogens is 370 g/mol. The molecule has 1 atom stereocenters. The fourth-order valence-corrected chi connectivity index (χ4v) is 3.65. The SMILES string of the molecule is CC(C)CCC[C@H](C)NC(=O)COC(=O)c1ccc2c(=O)n3c(nc2c1)CCC3. The highest BCUT2D eigenvalue weighted by Crippen LogP contribution is 2.16. The molecule has 0 saturated carbocycles. The molecule has 0 saturated heterocycles. The number of esters is 1. The Morgan fingerprint density at radius 1 is 1.24 bits per heavy atom. The number of nitrogens with zero attached hydrogens (tertiary/aromatic N) is 2. The highest BCUT2D eigenvalue weighted by Gasteiger charge is 2.18. The average Bonchev–Trinajstić information content (AvgIpc) is 3.14. The molecule has 0 fully saturated rings. The molecule has 29 heavy (non-hydrogen) atoms. The van der Waals surface area contributed by atoms with Gasteiger partial charge in [-0.15, -0.1) is 0 Å². The Morgan fingerprint density at radius 3 is 2.79 bits per heavy atom. The Kier molecular flexibility index (Phi) is 6.67. The van der Waals surface area contributed by atoms with Gasteiger partial charge in [-0.2, -0.15) is 0 Å². The summed E-state index contributed by atoms with van der Waals surface area (Å²) in [6.45, 7) is 6.66. The molecule has 7 nitrogen and oxygen atoms in total. The van der Waals surface area contributed by atoms with Crippen LogP contribution in [0.1, 0.15) is 62.6 Å². The van der Waals surface area contributed by atoms with Gasteiger partial charge in [-0.3, -0.25) is 14.2 Å². The smallest absolute Gasteiger partial charge is 0.338 e. The molecule has 0 radical (unpaired) electrons. The molecule has 0 unspecified atom stereocenters. The number of nitrogens with one attached hydrogen (secondary N) is 1. The van der Waals surface area contributed by atoms with E-state index in [-0.39, 0.29) is 29.7 Å². The Hall–Kier alpha value is -2.70. The zero-order valence-corrected chi connectivity index (χ0v) is 17.4. The molecule has 156 valence electrons. The molecule has 7 heteroatoms. The second-order valence-electron chi connectivity index (χ2n) is 8.19. The van der Waals surface area contributed by atoms with Crippen LogP contribution in [0.2, 0.25) is 0 Å². The third kappa shape index (κ3) is 5.22. The maximum atomic E-state index is 12.5. The van der Waals surface area contributed by atoms with Crippen LogP contribution in [0, 0.1) is 5.92 Å². The quantitative estimate of drug-likeness (QED) is 0.690. The number of carbonyl (C=O) groups excluding carboxylic acids is 2. The monoisotopic (exact) mass is 399 g/mol. The maximum Gasteiger partial charge on any atom is 0.338 e. The predicted molar refractivity (Wildman–Crippen MR) is 111 cm³/mol. The van der Waals surface area contributed by atoms with E-state index in [1.165, 1.54) is 0 Å². The predicted octanol–water partition coefficient (Wildman–Crippen LogP) is 2.83. The van der Waals surface area contributed by atoms with Crippen LogP contribution in [-0.4, -0.2) is 34.1 Å². The first-order chi connectivity index (χ1) is 13.8. The number of hydrogen-bond acceptors (Lipinski definition) is 5. The summed E-state index contributed by atoms with van der Waals surface area (Å²) in [6, 6.07) is 4.75. The number of amides is 1. The summed E-state index contributed by atoms with van der Waals surface area (Å²) >= 11 is 0. The standard InChI is InChI=1S/C22H29N3O4/c1-14(2)6-4-7-15(3)23-20(26)13-29-22(28)16-9-10-17-18(12-16)24-19-8-5-11-25(19)21(17)27/h9-10,12,14-15H,4-8,11,13H2,1-3H3,(H,23,26)/t15-/m0/s1. The summed E-state index contributed by atoms with van der Waals surface area (Å²) in [7, 11) is 0. The van der Waals surface area contributed by atoms with Crippen LogP contribution in [0.3, 0.4) is 0 Å². The summed E-state index contributed by atoms with van der Waals surface area (Å²) in [5.41, 5.74) is 0.694. The average molecular weight is 399 g/mol. The van der Waals surface area contributed by atoms with Gasteiger partial charge in [-0.25, -0.2) is 9.78 Å². The van der Waals surface area contributed by atoms with Crippen molar-refractivity contribution >= 4 is 22.8 Å². The fourth-order valence-electron chi connectivity index (χ4n) is 3.65. The topological polar surface area (TPSA) is 90.3 Å². The molecule has 1 aliphatic heterocycles. The molecule has 0 bridgehead atoms. The van der Waals surface area contributed by atoms with E-state index in [0.717, 1.165) is 37.9 Å². The first kappa shape index (κ1) is 21.0. The van der Waals surface area contributed by atoms with Gasteiger partial charge in [0.25, 0.3) is 11.5 Å². The van der Waals surface area contributed by atoms with E-state index in [9.17, 15) is 14.4 Å². The van der Waals surface area contributed by atoms with Gasteiger partial charge in [-0.05, 0) is 43.9 Å². The molecule has 1 aromatic carbocycles. The van der Waals surface area contributed by atoms with Crippen LogP contribution in [-0.2, 0) is 22.5 Å². The van der Waals surface area contributed by atoms with Gasteiger partial charge in [-0.1, -0.05) is 26.7 Å². The molecule has 0 aliphatic carbocycles. The van der Waals surface area contributed by atoms with Crippen molar-refractivity contribution in [3.8, 4) is 0 Å². The lowest BCUT2D eigenvalue weighted by atomic mass is 10.0. The third-order valence-electron chi connectivity index (χ3n) is 5.21. The van der Waals surface area contributed by atoms with E-state index in [1.807, 2.05) is 6.92 Å². The molecule has 1 aliphatic rings. The van der Waals surface area contributed by atoms with E-state index in [2.05, 4.69) is 24.1 Å². The van der Waals surface area contributed by atoms with Crippen LogP contribution in [0.25, 0.3) is 10.9 Å². The Balaban J connectivity index is 1.57. The van der Waals surface area contributed by atoms with Crippen LogP contribution in [0.15, 0.2) is 23.0 Å². The summed E-state index contributed by atoms with van der Waals surface area (Å²) in [4.78, 5) is 41.4. The van der Waals surface area contributed by atoms with Crippen molar-refractivity contribution in [2.45, 2.75) is 65.5 Å². The molecule has 3 rings (SSSR count). The van der Waals surface area contributed by atoms with Crippen molar-refractivity contribution in [2.24, 2.45) is 5.92 Å². The third-order valence-corrected chi connectivity index (χ3v) is 5.21. The van der Waals surface area contributed by atoms with Gasteiger partial charge in [0.2, 0.25) is 0 Å². The minimum atomic E-state index is -0.600. The van der Waals surface area contributed by atoms with Crippen LogP contribution in [0.5, 0.6) is 0 Å². The highest BCUT2D eigenvalue weighted by molar-refractivity contribution is 5.95. The molecule has 0 spiro atoms. The molecule has 1 amide bonds. The van der Waals surface area contributed by atoms with E-state index in [0.29, 0.717) is 23.4 Å². The first-order valence-electron chi connectivity index (χ1n) is 10.3. The van der Waals surface area contributed by atoms with Crippen molar-refractivity contribution in [2.75, 3.05) is 6.61 Å². The van der Waals surface area contributed by atoms with Crippen LogP contribution in [0.4, 0.5) is 0 Å². The minimum absolute atomic E-state index is 0.0416. The number of benzene rings is 1. The number of ether oxygens (including phenoxy) is 1. The number of hydrogen-bond donors (Lipinski definition) is 1. The number of aryl methyl sites for hydroxylation is 1. The lowest BCUT2D eigenvalue weighted by Gasteiger charge is -2.14. The minimum Gasteiger partial charge on any atom is -0.452 e. The van der Waals surface area contributed by atoms with E-state index >= 15 is 0 Å². The van der Waals surface area contributed by atoms with Crippen molar-refractivity contribution in [3.63, 3.8) is 0 Å². The van der Waals surface area contributed by atoms with Crippen molar-refractivity contribution in [1.29, 1.82) is 0 Å². The Morgan fingerprint density at radius 2 is 2.03 bits per heavy atom. The molecule has 1 aromatic heterocycles. The Labute approximate surface area is 170 Å². The zero-order valence-electron chi connectivity index (χ0n) is 17.4. The van der Waals surface area contributed by atoms with Crippen LogP contribution >= 0.6 is 0 Å². The molecule has 1 N–H and O–H groups in total. The molecule has 2 aromatic rings. The Bertz CT molecular complexity index is 964. The first-order valence-corrected chi connectivity index (χ1v) is 10.3. The van der Waals surface area contributed by atoms with Gasteiger partial charge in [0.1, 0.15) is 5.82 Å². The van der Waals surface area contributed by atoms with E-state index in [1.54, 1.807) is 22.8 Å². The largest absolute Gasteiger partial charge is 0.452 e. The van der Waals surface area contributed by atoms with Crippen molar-refractivity contribution < 1.29 is 14.3 Å². The van der Waals surface area contributed by atoms with Gasteiger partial charge in [0, 0.05) is 19.0 Å². The number of rotatable bonds is 8. The summed E-state index contributed by atoms with van der Waals surface area (Å²) < 4.78 is 6.83. The van der Waals surface area contributed by atoms with Gasteiger partial charge < -0.3 is 10.1 Å². The van der Waals surface area contributed by atoms with Crippen molar-refractivity contribution in [1.82, 2.24) is 14.9 Å². The summed E-state index contributed by atoms with van der Waals surface area (Å²) in [5.74, 6) is 0.480. The lowest BCUT2D eigenvalue weighted by Crippen LogP contribution is -2.35. The zero-order chi connectivity index (χ0) is 21.0. The number of aromatic nitrogens is 2. The number of fused-ring (bicyclic) bond motifs is 2. The summed E-state index contributed by atoms with van der Waals surface area (Å²) in [6.07, 6.45) is 4.73. The fraction of sp³-hybridized carbons (Fsp3) is 0.545. The summed E-state index contributed by atoms with van der Waals surface area (Å²) in [5, 5.41) is 3.34. The van der Waals surface area contributed by atoms with Gasteiger partial charge in [0.05, 0.1) is 16.5 Å². The van der Waals surface area contributed by atoms with Gasteiger partial charge in [0.15, 0.2) is 6.61 Å². The lowest BCUT2D eigenvalue weighted by molar-refractivity contribution is -0.124. The normalized spacial score (nSPS) is 14.1. The maximum absolute atomic E-state index is 12.5.